The van der Waals surface area contributed by atoms with Crippen LogP contribution in [0.3, 0.4) is 0 Å². The monoisotopic (exact) mass is 335 g/mol. The van der Waals surface area contributed by atoms with Gasteiger partial charge in [-0.25, -0.2) is 0 Å². The van der Waals surface area contributed by atoms with Crippen molar-refractivity contribution in [3.63, 3.8) is 0 Å². The standard InChI is InChI=1S/C12H18INO2/c1-8(2)16-11-7-10(13)12(15-3)6-9(11)4-5-14/h6-8H,4-5,14H2,1-3H3. The second-order valence-electron chi connectivity index (χ2n) is 3.80. The van der Waals surface area contributed by atoms with Gasteiger partial charge in [0.15, 0.2) is 0 Å². The zero-order valence-electron chi connectivity index (χ0n) is 9.92. The Morgan fingerprint density at radius 1 is 1.31 bits per heavy atom. The van der Waals surface area contributed by atoms with Crippen LogP contribution in [0, 0.1) is 3.57 Å². The van der Waals surface area contributed by atoms with Gasteiger partial charge in [0.1, 0.15) is 11.5 Å². The van der Waals surface area contributed by atoms with Crippen molar-refractivity contribution in [3.05, 3.63) is 21.3 Å². The summed E-state index contributed by atoms with van der Waals surface area (Å²) in [6.07, 6.45) is 0.968. The van der Waals surface area contributed by atoms with Gasteiger partial charge in [0.2, 0.25) is 0 Å². The molecule has 0 aromatic heterocycles. The second kappa shape index (κ2) is 6.30. The Labute approximate surface area is 110 Å². The first-order chi connectivity index (χ1) is 7.58. The van der Waals surface area contributed by atoms with E-state index in [0.717, 1.165) is 27.1 Å². The van der Waals surface area contributed by atoms with E-state index in [0.29, 0.717) is 6.54 Å². The molecule has 1 aromatic rings. The van der Waals surface area contributed by atoms with Crippen LogP contribution >= 0.6 is 22.6 Å². The van der Waals surface area contributed by atoms with Crippen molar-refractivity contribution in [2.45, 2.75) is 26.4 Å². The highest BCUT2D eigenvalue weighted by molar-refractivity contribution is 14.1. The Hall–Kier alpha value is -0.490. The lowest BCUT2D eigenvalue weighted by atomic mass is 10.1. The van der Waals surface area contributed by atoms with Crippen LogP contribution in [-0.4, -0.2) is 19.8 Å². The quantitative estimate of drug-likeness (QED) is 0.842. The van der Waals surface area contributed by atoms with Crippen LogP contribution in [0.5, 0.6) is 11.5 Å². The number of rotatable bonds is 5. The SMILES string of the molecule is COc1cc(CCN)c(OC(C)C)cc1I. The van der Waals surface area contributed by atoms with E-state index in [1.165, 1.54) is 0 Å². The van der Waals surface area contributed by atoms with Gasteiger partial charge in [0.25, 0.3) is 0 Å². The zero-order valence-corrected chi connectivity index (χ0v) is 12.1. The van der Waals surface area contributed by atoms with Gasteiger partial charge in [-0.3, -0.25) is 0 Å². The van der Waals surface area contributed by atoms with Gasteiger partial charge in [-0.1, -0.05) is 0 Å². The van der Waals surface area contributed by atoms with Crippen LogP contribution in [0.25, 0.3) is 0 Å². The molecule has 0 heterocycles. The highest BCUT2D eigenvalue weighted by atomic mass is 127. The topological polar surface area (TPSA) is 44.5 Å². The first-order valence-corrected chi connectivity index (χ1v) is 6.39. The minimum absolute atomic E-state index is 0.167. The van der Waals surface area contributed by atoms with Crippen molar-refractivity contribution in [2.75, 3.05) is 13.7 Å². The van der Waals surface area contributed by atoms with Crippen molar-refractivity contribution < 1.29 is 9.47 Å². The van der Waals surface area contributed by atoms with Crippen LogP contribution in [-0.2, 0) is 6.42 Å². The van der Waals surface area contributed by atoms with E-state index in [-0.39, 0.29) is 6.10 Å². The van der Waals surface area contributed by atoms with E-state index in [4.69, 9.17) is 15.2 Å². The molecular weight excluding hydrogens is 317 g/mol. The lowest BCUT2D eigenvalue weighted by molar-refractivity contribution is 0.239. The summed E-state index contributed by atoms with van der Waals surface area (Å²) < 4.78 is 12.1. The van der Waals surface area contributed by atoms with Crippen molar-refractivity contribution in [3.8, 4) is 11.5 Å². The molecule has 0 aliphatic rings. The molecule has 0 aliphatic heterocycles. The van der Waals surface area contributed by atoms with Gasteiger partial charge in [-0.05, 0) is 67.1 Å². The molecule has 0 fully saturated rings. The first kappa shape index (κ1) is 13.6. The maximum Gasteiger partial charge on any atom is 0.132 e. The van der Waals surface area contributed by atoms with E-state index in [1.807, 2.05) is 26.0 Å². The number of hydrogen-bond acceptors (Lipinski definition) is 3. The van der Waals surface area contributed by atoms with Crippen molar-refractivity contribution in [2.24, 2.45) is 5.73 Å². The molecule has 0 bridgehead atoms. The fourth-order valence-corrected chi connectivity index (χ4v) is 2.11. The molecule has 0 saturated heterocycles. The van der Waals surface area contributed by atoms with Crippen molar-refractivity contribution in [1.29, 1.82) is 0 Å². The maximum atomic E-state index is 5.76. The number of nitrogens with two attached hydrogens (primary N) is 1. The molecule has 1 aromatic carbocycles. The third-order valence-corrected chi connectivity index (χ3v) is 2.95. The number of hydrogen-bond donors (Lipinski definition) is 1. The van der Waals surface area contributed by atoms with Gasteiger partial charge in [0.05, 0.1) is 16.8 Å². The molecule has 16 heavy (non-hydrogen) atoms. The summed E-state index contributed by atoms with van der Waals surface area (Å²) in [5.41, 5.74) is 6.70. The van der Waals surface area contributed by atoms with Crippen molar-refractivity contribution >= 4 is 22.6 Å². The minimum atomic E-state index is 0.167. The Morgan fingerprint density at radius 2 is 2.00 bits per heavy atom. The summed E-state index contributed by atoms with van der Waals surface area (Å²) in [4.78, 5) is 0. The summed E-state index contributed by atoms with van der Waals surface area (Å²) in [5.74, 6) is 1.78. The van der Waals surface area contributed by atoms with Gasteiger partial charge in [0, 0.05) is 0 Å². The Bertz CT molecular complexity index is 353. The molecule has 0 saturated carbocycles. The minimum Gasteiger partial charge on any atom is -0.496 e. The molecule has 0 radical (unpaired) electrons. The molecule has 4 heteroatoms. The second-order valence-corrected chi connectivity index (χ2v) is 4.96. The normalized spacial score (nSPS) is 10.6. The van der Waals surface area contributed by atoms with Crippen LogP contribution in [0.1, 0.15) is 19.4 Å². The summed E-state index contributed by atoms with van der Waals surface area (Å²) >= 11 is 2.24. The number of ether oxygens (including phenoxy) is 2. The molecule has 90 valence electrons. The first-order valence-electron chi connectivity index (χ1n) is 5.31. The lowest BCUT2D eigenvalue weighted by Gasteiger charge is -2.16. The average molecular weight is 335 g/mol. The summed E-state index contributed by atoms with van der Waals surface area (Å²) in [7, 11) is 1.67. The maximum absolute atomic E-state index is 5.76. The number of benzene rings is 1. The fourth-order valence-electron chi connectivity index (χ4n) is 1.45. The molecule has 1 rings (SSSR count). The van der Waals surface area contributed by atoms with Gasteiger partial charge >= 0.3 is 0 Å². The summed E-state index contributed by atoms with van der Waals surface area (Å²) in [6.45, 7) is 4.64. The lowest BCUT2D eigenvalue weighted by Crippen LogP contribution is -2.10. The predicted octanol–water partition coefficient (Wildman–Crippen LogP) is 2.59. The van der Waals surface area contributed by atoms with E-state index in [1.54, 1.807) is 7.11 Å². The Morgan fingerprint density at radius 3 is 2.50 bits per heavy atom. The molecule has 0 amide bonds. The molecular formula is C12H18INO2. The molecule has 0 atom stereocenters. The van der Waals surface area contributed by atoms with E-state index >= 15 is 0 Å². The average Bonchev–Trinajstić information content (AvgIpc) is 2.21. The third kappa shape index (κ3) is 3.52. The Balaban J connectivity index is 3.08. The molecule has 3 nitrogen and oxygen atoms in total. The van der Waals surface area contributed by atoms with Crippen LogP contribution < -0.4 is 15.2 Å². The summed E-state index contributed by atoms with van der Waals surface area (Å²) in [6, 6.07) is 4.01. The largest absolute Gasteiger partial charge is 0.496 e. The van der Waals surface area contributed by atoms with Crippen LogP contribution in [0.4, 0.5) is 0 Å². The number of halogens is 1. The smallest absolute Gasteiger partial charge is 0.132 e. The predicted molar refractivity (Wildman–Crippen MR) is 74.2 cm³/mol. The number of methoxy groups -OCH3 is 1. The molecule has 0 spiro atoms. The molecule has 0 aliphatic carbocycles. The van der Waals surface area contributed by atoms with E-state index in [2.05, 4.69) is 22.6 Å². The zero-order chi connectivity index (χ0) is 12.1. The van der Waals surface area contributed by atoms with Crippen molar-refractivity contribution in [1.82, 2.24) is 0 Å². The van der Waals surface area contributed by atoms with E-state index < -0.39 is 0 Å². The third-order valence-electron chi connectivity index (χ3n) is 2.11. The van der Waals surface area contributed by atoms with Gasteiger partial charge in [-0.2, -0.15) is 0 Å². The van der Waals surface area contributed by atoms with Crippen LogP contribution in [0.15, 0.2) is 12.1 Å². The fraction of sp³-hybridized carbons (Fsp3) is 0.500. The Kier molecular flexibility index (Phi) is 5.34. The highest BCUT2D eigenvalue weighted by Gasteiger charge is 2.10. The molecule has 0 unspecified atom stereocenters. The summed E-state index contributed by atoms with van der Waals surface area (Å²) in [5, 5.41) is 0. The highest BCUT2D eigenvalue weighted by Crippen LogP contribution is 2.30. The van der Waals surface area contributed by atoms with Crippen LogP contribution in [0.2, 0.25) is 0 Å². The van der Waals surface area contributed by atoms with Gasteiger partial charge < -0.3 is 15.2 Å². The van der Waals surface area contributed by atoms with E-state index in [9.17, 15) is 0 Å². The van der Waals surface area contributed by atoms with Gasteiger partial charge in [-0.15, -0.1) is 0 Å². The molecule has 2 N–H and O–H groups in total.